The highest BCUT2D eigenvalue weighted by Crippen LogP contribution is 2.22. The zero-order valence-corrected chi connectivity index (χ0v) is 12.3. The molecule has 2 rings (SSSR count). The Bertz CT molecular complexity index is 580. The van der Waals surface area contributed by atoms with Crippen molar-refractivity contribution in [2.24, 2.45) is 0 Å². The Morgan fingerprint density at radius 3 is 2.95 bits per heavy atom. The van der Waals surface area contributed by atoms with Crippen LogP contribution in [0.1, 0.15) is 24.4 Å². The van der Waals surface area contributed by atoms with Crippen molar-refractivity contribution in [3.8, 4) is 0 Å². The number of nitrogens with one attached hydrogen (secondary N) is 1. The van der Waals surface area contributed by atoms with Gasteiger partial charge in [0, 0.05) is 25.7 Å². The molecule has 1 unspecified atom stereocenters. The molecule has 0 bridgehead atoms. The average Bonchev–Trinajstić information content (AvgIpc) is 2.89. The summed E-state index contributed by atoms with van der Waals surface area (Å²) in [5.74, 6) is -0.768. The average molecular weight is 302 g/mol. The molecule has 1 aliphatic heterocycles. The van der Waals surface area contributed by atoms with Crippen LogP contribution in [0.15, 0.2) is 21.6 Å². The van der Waals surface area contributed by atoms with Gasteiger partial charge in [0.15, 0.2) is 0 Å². The first-order valence-corrected chi connectivity index (χ1v) is 7.90. The molecule has 7 nitrogen and oxygen atoms in total. The molecule has 0 radical (unpaired) electrons. The van der Waals surface area contributed by atoms with Crippen molar-refractivity contribution >= 4 is 16.0 Å². The van der Waals surface area contributed by atoms with E-state index in [1.165, 1.54) is 16.4 Å². The molecule has 20 heavy (non-hydrogen) atoms. The molecule has 1 aromatic heterocycles. The van der Waals surface area contributed by atoms with Gasteiger partial charge in [-0.3, -0.25) is 0 Å². The summed E-state index contributed by atoms with van der Waals surface area (Å²) in [6, 6.07) is 2.44. The Balaban J connectivity index is 2.23. The summed E-state index contributed by atoms with van der Waals surface area (Å²) in [5.41, 5.74) is 0. The summed E-state index contributed by atoms with van der Waals surface area (Å²) in [6.07, 6.45) is 0. The Kier molecular flexibility index (Phi) is 4.46. The number of hydrogen-bond donors (Lipinski definition) is 1. The highest BCUT2D eigenvalue weighted by Gasteiger charge is 2.33. The number of hydrogen-bond acceptors (Lipinski definition) is 6. The molecule has 8 heteroatoms. The van der Waals surface area contributed by atoms with Crippen molar-refractivity contribution in [3.63, 3.8) is 0 Å². The van der Waals surface area contributed by atoms with E-state index >= 15 is 0 Å². The van der Waals surface area contributed by atoms with Gasteiger partial charge >= 0.3 is 5.97 Å². The third-order valence-electron chi connectivity index (χ3n) is 3.06. The monoisotopic (exact) mass is 302 g/mol. The fourth-order valence-electron chi connectivity index (χ4n) is 2.07. The molecule has 0 aliphatic carbocycles. The highest BCUT2D eigenvalue weighted by atomic mass is 32.2. The van der Waals surface area contributed by atoms with E-state index in [1.54, 1.807) is 6.92 Å². The van der Waals surface area contributed by atoms with Crippen LogP contribution in [0.25, 0.3) is 0 Å². The number of carbonyl (C=O) groups excluding carboxylic acids is 1. The molecule has 0 spiro atoms. The number of sulfonamides is 1. The van der Waals surface area contributed by atoms with E-state index in [1.807, 2.05) is 6.92 Å². The third kappa shape index (κ3) is 2.87. The topological polar surface area (TPSA) is 88.9 Å². The lowest BCUT2D eigenvalue weighted by atomic mass is 10.3. The summed E-state index contributed by atoms with van der Waals surface area (Å²) in [5, 5.41) is 2.89. The van der Waals surface area contributed by atoms with Crippen molar-refractivity contribution in [2.45, 2.75) is 25.0 Å². The van der Waals surface area contributed by atoms with Gasteiger partial charge in [0.05, 0.1) is 6.61 Å². The first-order chi connectivity index (χ1) is 9.46. The summed E-state index contributed by atoms with van der Waals surface area (Å²) >= 11 is 0. The van der Waals surface area contributed by atoms with E-state index in [4.69, 9.17) is 9.15 Å². The number of furan rings is 1. The van der Waals surface area contributed by atoms with Crippen LogP contribution in [0.4, 0.5) is 0 Å². The van der Waals surface area contributed by atoms with Gasteiger partial charge in [-0.2, -0.15) is 4.31 Å². The highest BCUT2D eigenvalue weighted by molar-refractivity contribution is 7.89. The van der Waals surface area contributed by atoms with Crippen LogP contribution >= 0.6 is 0 Å². The van der Waals surface area contributed by atoms with E-state index < -0.39 is 16.0 Å². The maximum Gasteiger partial charge on any atom is 0.374 e. The molecule has 112 valence electrons. The fourth-order valence-corrected chi connectivity index (χ4v) is 3.61. The van der Waals surface area contributed by atoms with Gasteiger partial charge < -0.3 is 14.5 Å². The normalized spacial score (nSPS) is 20.8. The Morgan fingerprint density at radius 1 is 1.55 bits per heavy atom. The van der Waals surface area contributed by atoms with Crippen molar-refractivity contribution in [2.75, 3.05) is 26.2 Å². The number of piperazine rings is 1. The van der Waals surface area contributed by atoms with Crippen LogP contribution in [0.5, 0.6) is 0 Å². The Labute approximate surface area is 117 Å². The molecule has 1 N–H and O–H groups in total. The first kappa shape index (κ1) is 15.0. The fraction of sp³-hybridized carbons (Fsp3) is 0.583. The van der Waals surface area contributed by atoms with E-state index in [-0.39, 0.29) is 23.5 Å². The third-order valence-corrected chi connectivity index (χ3v) is 4.95. The summed E-state index contributed by atoms with van der Waals surface area (Å²) < 4.78 is 36.2. The van der Waals surface area contributed by atoms with E-state index in [0.717, 1.165) is 0 Å². The van der Waals surface area contributed by atoms with E-state index in [0.29, 0.717) is 19.6 Å². The van der Waals surface area contributed by atoms with Crippen molar-refractivity contribution < 1.29 is 22.4 Å². The second-order valence-corrected chi connectivity index (χ2v) is 6.33. The van der Waals surface area contributed by atoms with Crippen LogP contribution in [-0.2, 0) is 14.8 Å². The molecule has 0 aromatic carbocycles. The lowest BCUT2D eigenvalue weighted by Gasteiger charge is -2.31. The van der Waals surface area contributed by atoms with Crippen LogP contribution in [0.3, 0.4) is 0 Å². The van der Waals surface area contributed by atoms with Crippen molar-refractivity contribution in [3.05, 3.63) is 17.9 Å². The second kappa shape index (κ2) is 5.94. The smallest absolute Gasteiger partial charge is 0.374 e. The molecule has 1 atom stereocenters. The van der Waals surface area contributed by atoms with Gasteiger partial charge in [-0.25, -0.2) is 13.2 Å². The van der Waals surface area contributed by atoms with Crippen LogP contribution < -0.4 is 5.32 Å². The molecule has 1 saturated heterocycles. The van der Waals surface area contributed by atoms with Crippen LogP contribution in [0, 0.1) is 0 Å². The maximum absolute atomic E-state index is 12.4. The largest absolute Gasteiger partial charge is 0.460 e. The number of carbonyl (C=O) groups is 1. The Morgan fingerprint density at radius 2 is 2.30 bits per heavy atom. The van der Waals surface area contributed by atoms with Gasteiger partial charge in [-0.1, -0.05) is 0 Å². The maximum atomic E-state index is 12.4. The minimum Gasteiger partial charge on any atom is -0.460 e. The van der Waals surface area contributed by atoms with E-state index in [9.17, 15) is 13.2 Å². The molecule has 0 saturated carbocycles. The van der Waals surface area contributed by atoms with Crippen molar-refractivity contribution in [1.82, 2.24) is 9.62 Å². The lowest BCUT2D eigenvalue weighted by molar-refractivity contribution is 0.0483. The molecule has 1 aliphatic rings. The van der Waals surface area contributed by atoms with Gasteiger partial charge in [0.1, 0.15) is 0 Å². The first-order valence-electron chi connectivity index (χ1n) is 6.46. The molecule has 1 aromatic rings. The van der Waals surface area contributed by atoms with Gasteiger partial charge in [0.2, 0.25) is 10.9 Å². The van der Waals surface area contributed by atoms with Crippen LogP contribution in [0.2, 0.25) is 0 Å². The quantitative estimate of drug-likeness (QED) is 0.812. The molecule has 1 fully saturated rings. The molecular formula is C12H18N2O5S. The molecule has 2 heterocycles. The van der Waals surface area contributed by atoms with Gasteiger partial charge in [-0.15, -0.1) is 0 Å². The minimum atomic E-state index is -3.72. The predicted octanol–water partition coefficient (Wildman–Crippen LogP) is 0.439. The number of ether oxygens (including phenoxy) is 1. The minimum absolute atomic E-state index is 0.104. The number of rotatable bonds is 4. The standard InChI is InChI=1S/C12H18N2O5S/c1-3-18-12(15)10-4-5-11(19-10)20(16,17)14-7-6-13-8-9(14)2/h4-5,9,13H,3,6-8H2,1-2H3. The summed E-state index contributed by atoms with van der Waals surface area (Å²) in [7, 11) is -3.72. The van der Waals surface area contributed by atoms with Crippen LogP contribution in [-0.4, -0.2) is 51.0 Å². The molecular weight excluding hydrogens is 284 g/mol. The van der Waals surface area contributed by atoms with Gasteiger partial charge in [0.25, 0.3) is 10.0 Å². The number of nitrogens with zero attached hydrogens (tertiary/aromatic N) is 1. The lowest BCUT2D eigenvalue weighted by Crippen LogP contribution is -2.52. The zero-order valence-electron chi connectivity index (χ0n) is 11.5. The SMILES string of the molecule is CCOC(=O)c1ccc(S(=O)(=O)N2CCNCC2C)o1. The summed E-state index contributed by atoms with van der Waals surface area (Å²) in [6.45, 7) is 5.24. The predicted molar refractivity (Wildman–Crippen MR) is 70.9 cm³/mol. The number of esters is 1. The van der Waals surface area contributed by atoms with Gasteiger partial charge in [-0.05, 0) is 26.0 Å². The van der Waals surface area contributed by atoms with E-state index in [2.05, 4.69) is 5.32 Å². The second-order valence-electron chi connectivity index (χ2n) is 4.51. The summed E-state index contributed by atoms with van der Waals surface area (Å²) in [4.78, 5) is 11.5. The zero-order chi connectivity index (χ0) is 14.8. The van der Waals surface area contributed by atoms with Crippen molar-refractivity contribution in [1.29, 1.82) is 0 Å². The Hall–Kier alpha value is -1.38. The molecule has 0 amide bonds.